The zero-order valence-corrected chi connectivity index (χ0v) is 11.8. The highest BCUT2D eigenvalue weighted by Gasteiger charge is 2.07. The molecule has 0 fully saturated rings. The van der Waals surface area contributed by atoms with E-state index in [0.717, 1.165) is 0 Å². The van der Waals surface area contributed by atoms with Crippen LogP contribution in [0.3, 0.4) is 0 Å². The topological polar surface area (TPSA) is 72.8 Å². The van der Waals surface area contributed by atoms with Gasteiger partial charge in [-0.05, 0) is 24.3 Å². The van der Waals surface area contributed by atoms with Gasteiger partial charge in [-0.25, -0.2) is 9.59 Å². The molecule has 0 radical (unpaired) electrons. The molecule has 0 amide bonds. The maximum atomic E-state index is 10.8. The van der Waals surface area contributed by atoms with Crippen molar-refractivity contribution >= 4 is 11.9 Å². The molecular weight excluding hydrogens is 272 g/mol. The second kappa shape index (κ2) is 8.37. The van der Waals surface area contributed by atoms with E-state index in [4.69, 9.17) is 9.84 Å². The maximum absolute atomic E-state index is 10.8. The lowest BCUT2D eigenvalue weighted by Crippen LogP contribution is -1.99. The fraction of sp³-hybridized carbons (Fsp3) is 0.125. The molecule has 0 aliphatic rings. The number of ether oxygens (including phenoxy) is 2. The van der Waals surface area contributed by atoms with Crippen molar-refractivity contribution in [1.82, 2.24) is 0 Å². The molecule has 0 aliphatic heterocycles. The van der Waals surface area contributed by atoms with E-state index in [-0.39, 0.29) is 11.5 Å². The highest BCUT2D eigenvalue weighted by molar-refractivity contribution is 5.90. The van der Waals surface area contributed by atoms with Crippen LogP contribution in [0.2, 0.25) is 0 Å². The molecule has 0 bridgehead atoms. The van der Waals surface area contributed by atoms with E-state index in [0.29, 0.717) is 11.3 Å². The third-order valence-electron chi connectivity index (χ3n) is 2.53. The Labute approximate surface area is 122 Å². The Kier molecular flexibility index (Phi) is 6.47. The highest BCUT2D eigenvalue weighted by Crippen LogP contribution is 2.16. The van der Waals surface area contributed by atoms with Gasteiger partial charge in [0.1, 0.15) is 11.3 Å². The van der Waals surface area contributed by atoms with Crippen LogP contribution in [0, 0.1) is 0 Å². The first-order chi connectivity index (χ1) is 10.1. The Morgan fingerprint density at radius 1 is 0.905 bits per heavy atom. The first-order valence-corrected chi connectivity index (χ1v) is 6.09. The summed E-state index contributed by atoms with van der Waals surface area (Å²) in [6, 6.07) is 15.4. The van der Waals surface area contributed by atoms with Gasteiger partial charge in [-0.1, -0.05) is 30.3 Å². The molecule has 0 saturated carbocycles. The minimum Gasteiger partial charge on any atom is -0.496 e. The van der Waals surface area contributed by atoms with Crippen molar-refractivity contribution < 1.29 is 24.2 Å². The summed E-state index contributed by atoms with van der Waals surface area (Å²) in [7, 11) is 2.82. The molecule has 0 aromatic heterocycles. The molecule has 110 valence electrons. The van der Waals surface area contributed by atoms with Gasteiger partial charge in [0.2, 0.25) is 0 Å². The second-order valence-corrected chi connectivity index (χ2v) is 3.86. The average molecular weight is 288 g/mol. The number of para-hydroxylation sites is 1. The summed E-state index contributed by atoms with van der Waals surface area (Å²) >= 11 is 0. The Bertz CT molecular complexity index is 593. The van der Waals surface area contributed by atoms with E-state index in [1.807, 2.05) is 6.07 Å². The predicted molar refractivity (Wildman–Crippen MR) is 77.7 cm³/mol. The van der Waals surface area contributed by atoms with Gasteiger partial charge < -0.3 is 14.6 Å². The zero-order valence-electron chi connectivity index (χ0n) is 11.8. The number of carboxylic acid groups (broad SMARTS) is 1. The standard InChI is InChI=1S/C8H8O3.C8H8O2/c1-11-7-5-3-2-4-6(7)8(9)10;1-10-8(9)7-5-3-2-4-6-7/h2-5H,1H3,(H,9,10);2-6H,1H3. The van der Waals surface area contributed by atoms with Crippen molar-refractivity contribution in [1.29, 1.82) is 0 Å². The minimum atomic E-state index is -0.970. The molecule has 0 saturated heterocycles. The van der Waals surface area contributed by atoms with E-state index in [2.05, 4.69) is 4.74 Å². The molecule has 2 aromatic rings. The zero-order chi connectivity index (χ0) is 15.7. The van der Waals surface area contributed by atoms with Crippen LogP contribution in [0.4, 0.5) is 0 Å². The van der Waals surface area contributed by atoms with Crippen molar-refractivity contribution in [3.8, 4) is 5.75 Å². The molecule has 2 aromatic carbocycles. The van der Waals surface area contributed by atoms with Crippen LogP contribution in [-0.4, -0.2) is 31.3 Å². The molecule has 0 aliphatic carbocycles. The van der Waals surface area contributed by atoms with Gasteiger partial charge in [0.05, 0.1) is 19.8 Å². The van der Waals surface area contributed by atoms with Gasteiger partial charge in [-0.15, -0.1) is 0 Å². The molecule has 0 heterocycles. The van der Waals surface area contributed by atoms with Crippen LogP contribution >= 0.6 is 0 Å². The number of carboxylic acids is 1. The lowest BCUT2D eigenvalue weighted by Gasteiger charge is -2.01. The van der Waals surface area contributed by atoms with Crippen molar-refractivity contribution in [2.75, 3.05) is 14.2 Å². The van der Waals surface area contributed by atoms with Gasteiger partial charge in [-0.2, -0.15) is 0 Å². The number of methoxy groups -OCH3 is 2. The van der Waals surface area contributed by atoms with E-state index in [9.17, 15) is 9.59 Å². The lowest BCUT2D eigenvalue weighted by molar-refractivity contribution is 0.0599. The fourth-order valence-corrected chi connectivity index (χ4v) is 1.51. The Morgan fingerprint density at radius 2 is 1.48 bits per heavy atom. The van der Waals surface area contributed by atoms with Crippen LogP contribution in [0.25, 0.3) is 0 Å². The summed E-state index contributed by atoms with van der Waals surface area (Å²) in [4.78, 5) is 21.3. The van der Waals surface area contributed by atoms with E-state index in [1.54, 1.807) is 42.5 Å². The number of hydrogen-bond acceptors (Lipinski definition) is 4. The Balaban J connectivity index is 0.000000211. The second-order valence-electron chi connectivity index (χ2n) is 3.86. The Morgan fingerprint density at radius 3 is 1.95 bits per heavy atom. The quantitative estimate of drug-likeness (QED) is 0.879. The molecule has 0 atom stereocenters. The summed E-state index contributed by atoms with van der Waals surface area (Å²) in [6.45, 7) is 0. The van der Waals surface area contributed by atoms with Crippen LogP contribution in [0.5, 0.6) is 5.75 Å². The molecule has 0 spiro atoms. The summed E-state index contributed by atoms with van der Waals surface area (Å²) in [5.74, 6) is -0.872. The maximum Gasteiger partial charge on any atom is 0.339 e. The first kappa shape index (κ1) is 16.2. The fourth-order valence-electron chi connectivity index (χ4n) is 1.51. The predicted octanol–water partition coefficient (Wildman–Crippen LogP) is 2.87. The van der Waals surface area contributed by atoms with E-state index < -0.39 is 5.97 Å². The third-order valence-corrected chi connectivity index (χ3v) is 2.53. The van der Waals surface area contributed by atoms with Gasteiger partial charge in [0, 0.05) is 0 Å². The van der Waals surface area contributed by atoms with Gasteiger partial charge in [-0.3, -0.25) is 0 Å². The van der Waals surface area contributed by atoms with Gasteiger partial charge in [0.25, 0.3) is 0 Å². The Hall–Kier alpha value is -2.82. The molecule has 2 rings (SSSR count). The lowest BCUT2D eigenvalue weighted by atomic mass is 10.2. The molecular formula is C16H16O5. The van der Waals surface area contributed by atoms with Crippen LogP contribution in [0.15, 0.2) is 54.6 Å². The van der Waals surface area contributed by atoms with Crippen molar-refractivity contribution in [2.45, 2.75) is 0 Å². The SMILES string of the molecule is COC(=O)c1ccccc1.COc1ccccc1C(=O)O. The molecule has 5 heteroatoms. The molecule has 1 N–H and O–H groups in total. The summed E-state index contributed by atoms with van der Waals surface area (Å²) in [5, 5.41) is 8.62. The number of rotatable bonds is 3. The normalized spacial score (nSPS) is 9.05. The number of esters is 1. The van der Waals surface area contributed by atoms with Crippen LogP contribution in [0.1, 0.15) is 20.7 Å². The van der Waals surface area contributed by atoms with Crippen LogP contribution in [-0.2, 0) is 4.74 Å². The number of carbonyl (C=O) groups is 2. The van der Waals surface area contributed by atoms with E-state index >= 15 is 0 Å². The summed E-state index contributed by atoms with van der Waals surface area (Å²) in [6.07, 6.45) is 0. The van der Waals surface area contributed by atoms with Crippen molar-refractivity contribution in [2.24, 2.45) is 0 Å². The van der Waals surface area contributed by atoms with Crippen LogP contribution < -0.4 is 4.74 Å². The summed E-state index contributed by atoms with van der Waals surface area (Å²) < 4.78 is 9.32. The third kappa shape index (κ3) is 4.99. The molecule has 21 heavy (non-hydrogen) atoms. The molecule has 5 nitrogen and oxygen atoms in total. The van der Waals surface area contributed by atoms with E-state index in [1.165, 1.54) is 20.3 Å². The minimum absolute atomic E-state index is 0.190. The molecule has 0 unspecified atom stereocenters. The number of benzene rings is 2. The first-order valence-electron chi connectivity index (χ1n) is 6.09. The average Bonchev–Trinajstić information content (AvgIpc) is 2.55. The number of carbonyl (C=O) groups excluding carboxylic acids is 1. The monoisotopic (exact) mass is 288 g/mol. The highest BCUT2D eigenvalue weighted by atomic mass is 16.5. The summed E-state index contributed by atoms with van der Waals surface area (Å²) in [5.41, 5.74) is 0.778. The largest absolute Gasteiger partial charge is 0.496 e. The number of aromatic carboxylic acids is 1. The van der Waals surface area contributed by atoms with Gasteiger partial charge >= 0.3 is 11.9 Å². The smallest absolute Gasteiger partial charge is 0.339 e. The number of hydrogen-bond donors (Lipinski definition) is 1. The van der Waals surface area contributed by atoms with Crippen molar-refractivity contribution in [3.63, 3.8) is 0 Å². The van der Waals surface area contributed by atoms with Gasteiger partial charge in [0.15, 0.2) is 0 Å². The van der Waals surface area contributed by atoms with Crippen molar-refractivity contribution in [3.05, 3.63) is 65.7 Å².